The van der Waals surface area contributed by atoms with E-state index in [0.717, 1.165) is 5.56 Å². The summed E-state index contributed by atoms with van der Waals surface area (Å²) < 4.78 is 10.6. The quantitative estimate of drug-likeness (QED) is 0.487. The Morgan fingerprint density at radius 3 is 2.72 bits per heavy atom. The molecule has 2 heterocycles. The first-order valence-corrected chi connectivity index (χ1v) is 9.31. The van der Waals surface area contributed by atoms with E-state index in [-0.39, 0.29) is 23.4 Å². The van der Waals surface area contributed by atoms with E-state index in [1.54, 1.807) is 55.5 Å². The Morgan fingerprint density at radius 2 is 1.93 bits per heavy atom. The van der Waals surface area contributed by atoms with Crippen LogP contribution in [0.3, 0.4) is 0 Å². The standard InChI is InChI=1S/C22H16ClNO5/c1-12-15-10-13(6-7-17(15)24-21(12)26)18(25)11-28-22(27)20-9-8-19(29-20)14-4-2-3-5-16(14)23/h2-10,12H,11H2,1H3,(H,24,26)/t12-/m0/s1. The van der Waals surface area contributed by atoms with Gasteiger partial charge in [0, 0.05) is 16.8 Å². The molecule has 6 nitrogen and oxygen atoms in total. The number of Topliss-reactive ketones (excluding diaryl/α,β-unsaturated/α-hetero) is 1. The number of nitrogens with one attached hydrogen (secondary N) is 1. The molecule has 146 valence electrons. The van der Waals surface area contributed by atoms with Crippen LogP contribution < -0.4 is 5.32 Å². The lowest BCUT2D eigenvalue weighted by atomic mass is 9.99. The average Bonchev–Trinajstić information content (AvgIpc) is 3.31. The molecule has 0 fully saturated rings. The number of fused-ring (bicyclic) bond motifs is 1. The third-order valence-electron chi connectivity index (χ3n) is 4.77. The SMILES string of the molecule is C[C@@H]1C(=O)Nc2ccc(C(=O)COC(=O)c3ccc(-c4ccccc4Cl)o3)cc21. The van der Waals surface area contributed by atoms with Crippen LogP contribution in [0.5, 0.6) is 0 Å². The Labute approximate surface area is 171 Å². The van der Waals surface area contributed by atoms with Crippen LogP contribution in [0.1, 0.15) is 39.3 Å². The number of benzene rings is 2. The molecular weight excluding hydrogens is 394 g/mol. The monoisotopic (exact) mass is 409 g/mol. The Kier molecular flexibility index (Phi) is 4.94. The zero-order chi connectivity index (χ0) is 20.5. The highest BCUT2D eigenvalue weighted by Crippen LogP contribution is 2.33. The predicted octanol–water partition coefficient (Wildman–Crippen LogP) is 4.70. The smallest absolute Gasteiger partial charge is 0.374 e. The normalized spacial score (nSPS) is 15.0. The molecule has 29 heavy (non-hydrogen) atoms. The van der Waals surface area contributed by atoms with Crippen molar-refractivity contribution < 1.29 is 23.5 Å². The third-order valence-corrected chi connectivity index (χ3v) is 5.10. The van der Waals surface area contributed by atoms with Crippen molar-refractivity contribution in [2.75, 3.05) is 11.9 Å². The van der Waals surface area contributed by atoms with E-state index >= 15 is 0 Å². The summed E-state index contributed by atoms with van der Waals surface area (Å²) in [7, 11) is 0. The van der Waals surface area contributed by atoms with E-state index < -0.39 is 12.6 Å². The Hall–Kier alpha value is -3.38. The molecule has 1 aromatic heterocycles. The number of carbonyl (C=O) groups excluding carboxylic acids is 3. The lowest BCUT2D eigenvalue weighted by Crippen LogP contribution is -2.14. The van der Waals surface area contributed by atoms with Crippen molar-refractivity contribution in [1.29, 1.82) is 0 Å². The maximum Gasteiger partial charge on any atom is 0.374 e. The molecule has 4 rings (SSSR count). The molecule has 0 saturated carbocycles. The highest BCUT2D eigenvalue weighted by Gasteiger charge is 2.27. The number of carbonyl (C=O) groups is 3. The van der Waals surface area contributed by atoms with Crippen molar-refractivity contribution in [3.05, 3.63) is 76.5 Å². The molecule has 1 amide bonds. The highest BCUT2D eigenvalue weighted by atomic mass is 35.5. The van der Waals surface area contributed by atoms with Gasteiger partial charge in [-0.05, 0) is 55.0 Å². The van der Waals surface area contributed by atoms with Crippen LogP contribution in [0.4, 0.5) is 5.69 Å². The second-order valence-corrected chi connectivity index (χ2v) is 7.06. The first kappa shape index (κ1) is 19.0. The van der Waals surface area contributed by atoms with Gasteiger partial charge in [0.2, 0.25) is 11.7 Å². The lowest BCUT2D eigenvalue weighted by Gasteiger charge is -2.06. The molecule has 0 saturated heterocycles. The Morgan fingerprint density at radius 1 is 1.14 bits per heavy atom. The predicted molar refractivity (Wildman–Crippen MR) is 107 cm³/mol. The Balaban J connectivity index is 1.42. The zero-order valence-corrected chi connectivity index (χ0v) is 16.2. The molecule has 1 aliphatic rings. The number of amides is 1. The van der Waals surface area contributed by atoms with E-state index in [9.17, 15) is 14.4 Å². The second kappa shape index (κ2) is 7.56. The molecule has 7 heteroatoms. The summed E-state index contributed by atoms with van der Waals surface area (Å²) in [4.78, 5) is 36.4. The van der Waals surface area contributed by atoms with E-state index in [4.69, 9.17) is 20.8 Å². The van der Waals surface area contributed by atoms with Gasteiger partial charge in [0.15, 0.2) is 12.4 Å². The van der Waals surface area contributed by atoms with Crippen molar-refractivity contribution in [2.24, 2.45) is 0 Å². The van der Waals surface area contributed by atoms with E-state index in [0.29, 0.717) is 27.6 Å². The molecule has 3 aromatic rings. The third kappa shape index (κ3) is 3.67. The molecule has 1 aliphatic heterocycles. The van der Waals surface area contributed by atoms with Crippen LogP contribution in [-0.2, 0) is 9.53 Å². The summed E-state index contributed by atoms with van der Waals surface area (Å²) in [5, 5.41) is 3.24. The fourth-order valence-electron chi connectivity index (χ4n) is 3.13. The number of anilines is 1. The number of rotatable bonds is 5. The maximum absolute atomic E-state index is 12.4. The van der Waals surface area contributed by atoms with Gasteiger partial charge in [0.25, 0.3) is 0 Å². The van der Waals surface area contributed by atoms with Gasteiger partial charge in [0.1, 0.15) is 5.76 Å². The second-order valence-electron chi connectivity index (χ2n) is 6.66. The topological polar surface area (TPSA) is 85.6 Å². The highest BCUT2D eigenvalue weighted by molar-refractivity contribution is 6.33. The van der Waals surface area contributed by atoms with Gasteiger partial charge in [-0.25, -0.2) is 4.79 Å². The van der Waals surface area contributed by atoms with E-state index in [2.05, 4.69) is 5.32 Å². The van der Waals surface area contributed by atoms with Crippen molar-refractivity contribution in [3.63, 3.8) is 0 Å². The van der Waals surface area contributed by atoms with Gasteiger partial charge in [-0.2, -0.15) is 0 Å². The number of esters is 1. The Bertz CT molecular complexity index is 1130. The summed E-state index contributed by atoms with van der Waals surface area (Å²) in [5.41, 5.74) is 2.47. The number of halogens is 1. The van der Waals surface area contributed by atoms with Gasteiger partial charge in [0.05, 0.1) is 10.9 Å². The summed E-state index contributed by atoms with van der Waals surface area (Å²) >= 11 is 6.13. The lowest BCUT2D eigenvalue weighted by molar-refractivity contribution is -0.116. The summed E-state index contributed by atoms with van der Waals surface area (Å²) in [5.74, 6) is -1.15. The molecule has 1 N–H and O–H groups in total. The fraction of sp³-hybridized carbons (Fsp3) is 0.136. The van der Waals surface area contributed by atoms with Crippen molar-refractivity contribution in [1.82, 2.24) is 0 Å². The maximum atomic E-state index is 12.4. The fourth-order valence-corrected chi connectivity index (χ4v) is 3.36. The van der Waals surface area contributed by atoms with Crippen molar-refractivity contribution in [3.8, 4) is 11.3 Å². The molecular formula is C22H16ClNO5. The van der Waals surface area contributed by atoms with E-state index in [1.165, 1.54) is 6.07 Å². The van der Waals surface area contributed by atoms with Gasteiger partial charge in [-0.3, -0.25) is 9.59 Å². The van der Waals surface area contributed by atoms with Gasteiger partial charge in [-0.15, -0.1) is 0 Å². The zero-order valence-electron chi connectivity index (χ0n) is 15.4. The van der Waals surface area contributed by atoms with Crippen LogP contribution in [0.2, 0.25) is 5.02 Å². The number of ketones is 1. The first-order valence-electron chi connectivity index (χ1n) is 8.94. The number of ether oxygens (including phenoxy) is 1. The van der Waals surface area contributed by atoms with Crippen LogP contribution in [0.25, 0.3) is 11.3 Å². The van der Waals surface area contributed by atoms with Crippen LogP contribution in [0, 0.1) is 0 Å². The minimum Gasteiger partial charge on any atom is -0.451 e. The van der Waals surface area contributed by atoms with Crippen LogP contribution >= 0.6 is 11.6 Å². The molecule has 0 radical (unpaired) electrons. The van der Waals surface area contributed by atoms with Crippen LogP contribution in [-0.4, -0.2) is 24.3 Å². The largest absolute Gasteiger partial charge is 0.451 e. The van der Waals surface area contributed by atoms with E-state index in [1.807, 2.05) is 0 Å². The van der Waals surface area contributed by atoms with Crippen molar-refractivity contribution >= 4 is 34.9 Å². The minimum atomic E-state index is -0.747. The van der Waals surface area contributed by atoms with Gasteiger partial charge >= 0.3 is 5.97 Å². The van der Waals surface area contributed by atoms with Gasteiger partial charge in [-0.1, -0.05) is 23.7 Å². The molecule has 0 unspecified atom stereocenters. The van der Waals surface area contributed by atoms with Crippen molar-refractivity contribution in [2.45, 2.75) is 12.8 Å². The number of furan rings is 1. The first-order chi connectivity index (χ1) is 13.9. The summed E-state index contributed by atoms with van der Waals surface area (Å²) in [6, 6.07) is 15.1. The van der Waals surface area contributed by atoms with Crippen LogP contribution in [0.15, 0.2) is 59.0 Å². The summed E-state index contributed by atoms with van der Waals surface area (Å²) in [6.45, 7) is 1.33. The molecule has 0 spiro atoms. The number of hydrogen-bond acceptors (Lipinski definition) is 5. The number of hydrogen-bond donors (Lipinski definition) is 1. The minimum absolute atomic E-state index is 0.0231. The summed E-state index contributed by atoms with van der Waals surface area (Å²) in [6.07, 6.45) is 0. The molecule has 0 bridgehead atoms. The molecule has 2 aromatic carbocycles. The molecule has 1 atom stereocenters. The molecule has 0 aliphatic carbocycles. The average molecular weight is 410 g/mol. The van der Waals surface area contributed by atoms with Gasteiger partial charge < -0.3 is 14.5 Å².